The molecular formula is C19H18Cl2N4O. The van der Waals surface area contributed by atoms with Crippen molar-refractivity contribution in [2.24, 2.45) is 0 Å². The Morgan fingerprint density at radius 2 is 1.88 bits per heavy atom. The lowest BCUT2D eigenvalue weighted by Gasteiger charge is -2.33. The molecule has 134 valence electrons. The minimum Gasteiger partial charge on any atom is -0.356 e. The summed E-state index contributed by atoms with van der Waals surface area (Å²) in [6.45, 7) is 3.14. The van der Waals surface area contributed by atoms with Crippen molar-refractivity contribution in [3.8, 4) is 0 Å². The van der Waals surface area contributed by atoms with Crippen LogP contribution in [0.15, 0.2) is 18.2 Å². The average Bonchev–Trinajstić information content (AvgIpc) is 3.34. The number of halogens is 2. The number of aromatic nitrogens is 2. The average molecular weight is 389 g/mol. The molecule has 1 amide bonds. The highest BCUT2D eigenvalue weighted by Gasteiger charge is 2.35. The van der Waals surface area contributed by atoms with Crippen molar-refractivity contribution < 1.29 is 4.79 Å². The van der Waals surface area contributed by atoms with Gasteiger partial charge in [-0.1, -0.05) is 23.2 Å². The predicted molar refractivity (Wildman–Crippen MR) is 101 cm³/mol. The molecule has 2 fully saturated rings. The van der Waals surface area contributed by atoms with Gasteiger partial charge in [0.2, 0.25) is 0 Å². The molecule has 0 N–H and O–H groups in total. The van der Waals surface area contributed by atoms with Crippen LogP contribution in [0.2, 0.25) is 10.0 Å². The van der Waals surface area contributed by atoms with Gasteiger partial charge in [0.1, 0.15) is 11.6 Å². The molecule has 3 aliphatic rings. The number of fused-ring (bicyclic) bond motifs is 1. The summed E-state index contributed by atoms with van der Waals surface area (Å²) in [7, 11) is 0. The van der Waals surface area contributed by atoms with Crippen LogP contribution in [0.3, 0.4) is 0 Å². The van der Waals surface area contributed by atoms with E-state index in [0.29, 0.717) is 34.6 Å². The number of anilines is 1. The zero-order chi connectivity index (χ0) is 17.8. The lowest BCUT2D eigenvalue weighted by atomic mass is 10.1. The molecular weight excluding hydrogens is 371 g/mol. The second-order valence-electron chi connectivity index (χ2n) is 7.24. The summed E-state index contributed by atoms with van der Waals surface area (Å²) in [6.07, 6.45) is 3.54. The zero-order valence-corrected chi connectivity index (χ0v) is 15.7. The first-order chi connectivity index (χ1) is 12.6. The molecule has 1 saturated carbocycles. The van der Waals surface area contributed by atoms with Crippen molar-refractivity contribution >= 4 is 34.9 Å². The van der Waals surface area contributed by atoms with Gasteiger partial charge in [0.25, 0.3) is 5.91 Å². The van der Waals surface area contributed by atoms with E-state index in [1.165, 1.54) is 19.3 Å². The molecule has 0 bridgehead atoms. The number of hydrogen-bond acceptors (Lipinski definition) is 4. The van der Waals surface area contributed by atoms with Crippen LogP contribution in [0, 0.1) is 0 Å². The predicted octanol–water partition coefficient (Wildman–Crippen LogP) is 4.03. The topological polar surface area (TPSA) is 49.3 Å². The van der Waals surface area contributed by atoms with Crippen LogP contribution >= 0.6 is 23.2 Å². The van der Waals surface area contributed by atoms with E-state index in [2.05, 4.69) is 4.90 Å². The van der Waals surface area contributed by atoms with E-state index in [1.54, 1.807) is 18.2 Å². The molecule has 2 aliphatic heterocycles. The van der Waals surface area contributed by atoms with Gasteiger partial charge in [-0.3, -0.25) is 4.79 Å². The lowest BCUT2D eigenvalue weighted by molar-refractivity contribution is 0.0750. The van der Waals surface area contributed by atoms with Gasteiger partial charge in [0.05, 0.1) is 28.8 Å². The fourth-order valence-corrected chi connectivity index (χ4v) is 3.82. The number of rotatable bonds is 3. The molecule has 0 spiro atoms. The summed E-state index contributed by atoms with van der Waals surface area (Å²) in [5.74, 6) is 2.44. The van der Waals surface area contributed by atoms with Crippen molar-refractivity contribution in [3.05, 3.63) is 50.9 Å². The molecule has 0 atom stereocenters. The first-order valence-corrected chi connectivity index (χ1v) is 9.74. The largest absolute Gasteiger partial charge is 0.356 e. The van der Waals surface area contributed by atoms with Crippen LogP contribution in [0.1, 0.15) is 52.6 Å². The Balaban J connectivity index is 1.46. The fraction of sp³-hybridized carbons (Fsp3) is 0.421. The van der Waals surface area contributed by atoms with E-state index in [4.69, 9.17) is 33.2 Å². The Hall–Kier alpha value is -1.85. The van der Waals surface area contributed by atoms with Gasteiger partial charge < -0.3 is 9.80 Å². The highest BCUT2D eigenvalue weighted by Crippen LogP contribution is 2.41. The molecule has 26 heavy (non-hydrogen) atoms. The fourth-order valence-electron chi connectivity index (χ4n) is 3.53. The monoisotopic (exact) mass is 388 g/mol. The normalized spacial score (nSPS) is 18.7. The van der Waals surface area contributed by atoms with Gasteiger partial charge in [-0.15, -0.1) is 0 Å². The molecule has 5 nitrogen and oxygen atoms in total. The van der Waals surface area contributed by atoms with E-state index >= 15 is 0 Å². The second-order valence-corrected chi connectivity index (χ2v) is 8.05. The summed E-state index contributed by atoms with van der Waals surface area (Å²) in [6, 6.07) is 5.01. The maximum Gasteiger partial charge on any atom is 0.254 e. The number of carbonyl (C=O) groups is 1. The van der Waals surface area contributed by atoms with Gasteiger partial charge in [0, 0.05) is 30.1 Å². The maximum absolute atomic E-state index is 12.9. The van der Waals surface area contributed by atoms with Crippen LogP contribution < -0.4 is 4.90 Å². The quantitative estimate of drug-likeness (QED) is 0.796. The standard InChI is InChI=1S/C19H18Cl2N4O/c20-14-5-4-12(8-15(14)21)19(26)25-9-13-16(10-25)22-17(11-2-3-11)23-18(13)24-6-1-7-24/h4-5,8,11H,1-3,6-7,9-10H2. The zero-order valence-electron chi connectivity index (χ0n) is 14.2. The van der Waals surface area contributed by atoms with E-state index in [9.17, 15) is 4.79 Å². The van der Waals surface area contributed by atoms with E-state index in [1.807, 2.05) is 4.90 Å². The Morgan fingerprint density at radius 1 is 1.08 bits per heavy atom. The van der Waals surface area contributed by atoms with E-state index < -0.39 is 0 Å². The Labute approximate surface area is 161 Å². The van der Waals surface area contributed by atoms with Crippen LogP contribution in [0.4, 0.5) is 5.82 Å². The van der Waals surface area contributed by atoms with Gasteiger partial charge in [-0.25, -0.2) is 9.97 Å². The van der Waals surface area contributed by atoms with Crippen molar-refractivity contribution in [1.82, 2.24) is 14.9 Å². The third-order valence-electron chi connectivity index (χ3n) is 5.33. The molecule has 0 unspecified atom stereocenters. The summed E-state index contributed by atoms with van der Waals surface area (Å²) in [5, 5.41) is 0.847. The first-order valence-electron chi connectivity index (χ1n) is 8.99. The Morgan fingerprint density at radius 3 is 2.54 bits per heavy atom. The van der Waals surface area contributed by atoms with E-state index in [0.717, 1.165) is 36.0 Å². The summed E-state index contributed by atoms with van der Waals surface area (Å²) >= 11 is 12.0. The highest BCUT2D eigenvalue weighted by molar-refractivity contribution is 6.42. The van der Waals surface area contributed by atoms with Gasteiger partial charge in [0.15, 0.2) is 0 Å². The molecule has 2 aromatic rings. The van der Waals surface area contributed by atoms with Crippen molar-refractivity contribution in [2.45, 2.75) is 38.3 Å². The number of nitrogens with zero attached hydrogens (tertiary/aromatic N) is 4. The molecule has 7 heteroatoms. The third kappa shape index (κ3) is 2.74. The number of hydrogen-bond donors (Lipinski definition) is 0. The number of carbonyl (C=O) groups excluding carboxylic acids is 1. The number of benzene rings is 1. The Kier molecular flexibility index (Phi) is 3.83. The van der Waals surface area contributed by atoms with Crippen LogP contribution in [-0.4, -0.2) is 33.9 Å². The summed E-state index contributed by atoms with van der Waals surface area (Å²) in [4.78, 5) is 26.7. The minimum absolute atomic E-state index is 0.0518. The van der Waals surface area contributed by atoms with Crippen molar-refractivity contribution in [3.63, 3.8) is 0 Å². The second kappa shape index (κ2) is 6.10. The van der Waals surface area contributed by atoms with Crippen molar-refractivity contribution in [2.75, 3.05) is 18.0 Å². The minimum atomic E-state index is -0.0518. The summed E-state index contributed by atoms with van der Waals surface area (Å²) < 4.78 is 0. The van der Waals surface area contributed by atoms with Gasteiger partial charge in [-0.05, 0) is 37.5 Å². The molecule has 1 aromatic carbocycles. The molecule has 1 saturated heterocycles. The van der Waals surface area contributed by atoms with E-state index in [-0.39, 0.29) is 5.91 Å². The first kappa shape index (κ1) is 16.3. The van der Waals surface area contributed by atoms with Crippen LogP contribution in [0.5, 0.6) is 0 Å². The van der Waals surface area contributed by atoms with Gasteiger partial charge >= 0.3 is 0 Å². The number of amides is 1. The maximum atomic E-state index is 12.9. The highest BCUT2D eigenvalue weighted by atomic mass is 35.5. The molecule has 1 aliphatic carbocycles. The molecule has 0 radical (unpaired) electrons. The van der Waals surface area contributed by atoms with Gasteiger partial charge in [-0.2, -0.15) is 0 Å². The smallest absolute Gasteiger partial charge is 0.254 e. The Bertz CT molecular complexity index is 909. The molecule has 3 heterocycles. The third-order valence-corrected chi connectivity index (χ3v) is 6.07. The molecule has 5 rings (SSSR count). The van der Waals surface area contributed by atoms with Crippen LogP contribution in [-0.2, 0) is 13.1 Å². The lowest BCUT2D eigenvalue weighted by Crippen LogP contribution is -2.38. The SMILES string of the molecule is O=C(c1ccc(Cl)c(Cl)c1)N1Cc2nc(C3CC3)nc(N3CCC3)c2C1. The van der Waals surface area contributed by atoms with Crippen LogP contribution in [0.25, 0.3) is 0 Å². The summed E-state index contributed by atoms with van der Waals surface area (Å²) in [5.41, 5.74) is 2.65. The molecule has 1 aromatic heterocycles. The van der Waals surface area contributed by atoms with Crippen molar-refractivity contribution in [1.29, 1.82) is 0 Å².